The molecule has 0 aliphatic heterocycles. The molecule has 1 atom stereocenters. The highest BCUT2D eigenvalue weighted by Gasteiger charge is 2.58. The van der Waals surface area contributed by atoms with Crippen molar-refractivity contribution in [1.29, 1.82) is 0 Å². The SMILES string of the molecule is CCCS(=O)(=O)NC(C)c1cccc(OCC(F)(F)C(F)(F)F)c1. The Balaban J connectivity index is 2.80. The molecule has 138 valence electrons. The van der Waals surface area contributed by atoms with Crippen molar-refractivity contribution >= 4 is 10.0 Å². The van der Waals surface area contributed by atoms with Crippen molar-refractivity contribution in [2.75, 3.05) is 12.4 Å². The van der Waals surface area contributed by atoms with Gasteiger partial charge in [-0.2, -0.15) is 22.0 Å². The first-order chi connectivity index (χ1) is 10.9. The van der Waals surface area contributed by atoms with Crippen LogP contribution in [-0.4, -0.2) is 32.9 Å². The summed E-state index contributed by atoms with van der Waals surface area (Å²) in [6, 6.07) is 4.62. The Morgan fingerprint density at radius 1 is 1.21 bits per heavy atom. The quantitative estimate of drug-likeness (QED) is 0.706. The predicted octanol–water partition coefficient (Wildman–Crippen LogP) is 3.65. The number of rotatable bonds is 8. The van der Waals surface area contributed by atoms with E-state index in [4.69, 9.17) is 0 Å². The van der Waals surface area contributed by atoms with Gasteiger partial charge in [-0.15, -0.1) is 0 Å². The van der Waals surface area contributed by atoms with Gasteiger partial charge < -0.3 is 4.74 Å². The smallest absolute Gasteiger partial charge is 0.456 e. The fraction of sp³-hybridized carbons (Fsp3) is 0.571. The molecule has 1 aromatic carbocycles. The summed E-state index contributed by atoms with van der Waals surface area (Å²) in [5.74, 6) is -5.26. The average molecular weight is 375 g/mol. The first kappa shape index (κ1) is 20.6. The second-order valence-corrected chi connectivity index (χ2v) is 7.10. The van der Waals surface area contributed by atoms with E-state index in [1.807, 2.05) is 0 Å². The molecule has 0 amide bonds. The van der Waals surface area contributed by atoms with Crippen molar-refractivity contribution in [3.05, 3.63) is 29.8 Å². The molecule has 0 heterocycles. The molecular formula is C14H18F5NO3S. The van der Waals surface area contributed by atoms with Gasteiger partial charge in [-0.25, -0.2) is 13.1 Å². The minimum Gasteiger partial charge on any atom is -0.487 e. The maximum atomic E-state index is 12.8. The van der Waals surface area contributed by atoms with E-state index >= 15 is 0 Å². The predicted molar refractivity (Wildman–Crippen MR) is 78.6 cm³/mol. The zero-order valence-electron chi connectivity index (χ0n) is 13.0. The summed E-state index contributed by atoms with van der Waals surface area (Å²) in [7, 11) is -3.51. The Hall–Kier alpha value is -1.42. The third kappa shape index (κ3) is 5.90. The number of nitrogens with one attached hydrogen (secondary N) is 1. The van der Waals surface area contributed by atoms with Gasteiger partial charge in [0.1, 0.15) is 5.75 Å². The van der Waals surface area contributed by atoms with Crippen LogP contribution < -0.4 is 9.46 Å². The van der Waals surface area contributed by atoms with Crippen molar-refractivity contribution in [2.24, 2.45) is 0 Å². The van der Waals surface area contributed by atoms with E-state index in [-0.39, 0.29) is 11.5 Å². The van der Waals surface area contributed by atoms with Crippen LogP contribution in [0.1, 0.15) is 31.9 Å². The molecule has 0 spiro atoms. The van der Waals surface area contributed by atoms with E-state index in [9.17, 15) is 30.4 Å². The number of hydrogen-bond acceptors (Lipinski definition) is 3. The van der Waals surface area contributed by atoms with Crippen molar-refractivity contribution in [3.8, 4) is 5.75 Å². The largest absolute Gasteiger partial charge is 0.487 e. The first-order valence-electron chi connectivity index (χ1n) is 7.05. The molecule has 0 fully saturated rings. The summed E-state index contributed by atoms with van der Waals surface area (Å²) >= 11 is 0. The normalized spacial score (nSPS) is 14.5. The van der Waals surface area contributed by atoms with Crippen molar-refractivity contribution in [1.82, 2.24) is 4.72 Å². The Bertz CT molecular complexity index is 646. The topological polar surface area (TPSA) is 55.4 Å². The molecular weight excluding hydrogens is 357 g/mol. The van der Waals surface area contributed by atoms with E-state index < -0.39 is 34.8 Å². The number of benzene rings is 1. The summed E-state index contributed by atoms with van der Waals surface area (Å²) in [6.45, 7) is 1.37. The van der Waals surface area contributed by atoms with Crippen molar-refractivity contribution in [3.63, 3.8) is 0 Å². The Morgan fingerprint density at radius 2 is 1.83 bits per heavy atom. The highest BCUT2D eigenvalue weighted by atomic mass is 32.2. The van der Waals surface area contributed by atoms with Gasteiger partial charge in [-0.3, -0.25) is 0 Å². The van der Waals surface area contributed by atoms with Gasteiger partial charge in [0.15, 0.2) is 6.61 Å². The fourth-order valence-corrected chi connectivity index (χ4v) is 3.12. The Kier molecular flexibility index (Phi) is 6.57. The molecule has 1 N–H and O–H groups in total. The molecule has 1 aromatic rings. The van der Waals surface area contributed by atoms with Crippen LogP contribution in [0, 0.1) is 0 Å². The Labute approximate surface area is 137 Å². The van der Waals surface area contributed by atoms with Crippen LogP contribution in [0.25, 0.3) is 0 Å². The lowest BCUT2D eigenvalue weighted by molar-refractivity contribution is -0.290. The van der Waals surface area contributed by atoms with Gasteiger partial charge in [-0.05, 0) is 31.0 Å². The highest BCUT2D eigenvalue weighted by molar-refractivity contribution is 7.89. The second kappa shape index (κ2) is 7.64. The van der Waals surface area contributed by atoms with Crippen LogP contribution in [0.3, 0.4) is 0 Å². The fourth-order valence-electron chi connectivity index (χ4n) is 1.79. The molecule has 24 heavy (non-hydrogen) atoms. The van der Waals surface area contributed by atoms with Crippen LogP contribution in [0.4, 0.5) is 22.0 Å². The number of ether oxygens (including phenoxy) is 1. The molecule has 0 saturated heterocycles. The second-order valence-electron chi connectivity index (χ2n) is 5.22. The monoisotopic (exact) mass is 375 g/mol. The Morgan fingerprint density at radius 3 is 2.38 bits per heavy atom. The number of sulfonamides is 1. The molecule has 4 nitrogen and oxygen atoms in total. The van der Waals surface area contributed by atoms with Crippen LogP contribution in [0.15, 0.2) is 24.3 Å². The number of hydrogen-bond donors (Lipinski definition) is 1. The molecule has 1 unspecified atom stereocenters. The van der Waals surface area contributed by atoms with Crippen LogP contribution >= 0.6 is 0 Å². The first-order valence-corrected chi connectivity index (χ1v) is 8.70. The van der Waals surface area contributed by atoms with Gasteiger partial charge in [0.25, 0.3) is 0 Å². The van der Waals surface area contributed by atoms with E-state index in [0.29, 0.717) is 12.0 Å². The summed E-state index contributed by atoms with van der Waals surface area (Å²) in [5.41, 5.74) is 0.377. The minimum atomic E-state index is -5.70. The molecule has 1 rings (SSSR count). The molecule has 0 saturated carbocycles. The van der Waals surface area contributed by atoms with E-state index in [2.05, 4.69) is 9.46 Å². The van der Waals surface area contributed by atoms with Gasteiger partial charge in [0.2, 0.25) is 10.0 Å². The lowest BCUT2D eigenvalue weighted by atomic mass is 10.1. The average Bonchev–Trinajstić information content (AvgIpc) is 2.43. The molecule has 0 aromatic heterocycles. The van der Waals surface area contributed by atoms with Crippen molar-refractivity contribution in [2.45, 2.75) is 38.4 Å². The van der Waals surface area contributed by atoms with Gasteiger partial charge in [0.05, 0.1) is 5.75 Å². The summed E-state index contributed by atoms with van der Waals surface area (Å²) in [4.78, 5) is 0. The maximum Gasteiger partial charge on any atom is 0.456 e. The zero-order chi connectivity index (χ0) is 18.6. The minimum absolute atomic E-state index is 0.0780. The summed E-state index contributed by atoms with van der Waals surface area (Å²) in [6.07, 6.45) is -5.29. The third-order valence-electron chi connectivity index (χ3n) is 3.02. The zero-order valence-corrected chi connectivity index (χ0v) is 13.8. The van der Waals surface area contributed by atoms with Gasteiger partial charge >= 0.3 is 12.1 Å². The van der Waals surface area contributed by atoms with Crippen LogP contribution in [-0.2, 0) is 10.0 Å². The van der Waals surface area contributed by atoms with E-state index in [1.165, 1.54) is 31.2 Å². The molecule has 0 aliphatic carbocycles. The van der Waals surface area contributed by atoms with E-state index in [1.54, 1.807) is 6.92 Å². The van der Waals surface area contributed by atoms with Gasteiger partial charge in [-0.1, -0.05) is 19.1 Å². The lowest BCUT2D eigenvalue weighted by Crippen LogP contribution is -2.41. The number of halogens is 5. The van der Waals surface area contributed by atoms with E-state index in [0.717, 1.165) is 0 Å². The highest BCUT2D eigenvalue weighted by Crippen LogP contribution is 2.35. The third-order valence-corrected chi connectivity index (χ3v) is 4.68. The summed E-state index contributed by atoms with van der Waals surface area (Å²) in [5, 5.41) is 0. The molecule has 0 bridgehead atoms. The molecule has 0 radical (unpaired) electrons. The number of alkyl halides is 5. The maximum absolute atomic E-state index is 12.8. The van der Waals surface area contributed by atoms with Crippen molar-refractivity contribution < 1.29 is 35.1 Å². The van der Waals surface area contributed by atoms with Crippen LogP contribution in [0.5, 0.6) is 5.75 Å². The van der Waals surface area contributed by atoms with Crippen LogP contribution in [0.2, 0.25) is 0 Å². The standard InChI is InChI=1S/C14H18F5NO3S/c1-3-7-24(21,22)20-10(2)11-5-4-6-12(8-11)23-9-13(15,16)14(17,18)19/h4-6,8,10,20H,3,7,9H2,1-2H3. The summed E-state index contributed by atoms with van der Waals surface area (Å²) < 4.78 is 92.3. The molecule has 0 aliphatic rings. The van der Waals surface area contributed by atoms with Gasteiger partial charge in [0, 0.05) is 6.04 Å². The molecule has 10 heteroatoms. The lowest BCUT2D eigenvalue weighted by Gasteiger charge is -2.20.